The number of nitrogens with two attached hydrogens (primary N) is 1. The molecule has 0 bridgehead atoms. The highest BCUT2D eigenvalue weighted by atomic mass is 16.5. The lowest BCUT2D eigenvalue weighted by molar-refractivity contribution is -0.121. The fourth-order valence-electron chi connectivity index (χ4n) is 2.81. The average Bonchev–Trinajstić information content (AvgIpc) is 2.81. The molecule has 3 N–H and O–H groups in total. The van der Waals surface area contributed by atoms with Crippen LogP contribution in [0.25, 0.3) is 0 Å². The number of aliphatic hydroxyl groups excluding tert-OH is 1. The number of aliphatic imine (C=N–C) groups is 1. The van der Waals surface area contributed by atoms with Gasteiger partial charge in [-0.1, -0.05) is 6.07 Å². The summed E-state index contributed by atoms with van der Waals surface area (Å²) in [6.45, 7) is 5.80. The molecule has 2 atom stereocenters. The van der Waals surface area contributed by atoms with Crippen molar-refractivity contribution < 1.29 is 14.6 Å². The van der Waals surface area contributed by atoms with Crippen LogP contribution in [0.15, 0.2) is 23.2 Å². The monoisotopic (exact) mass is 319 g/mol. The molecule has 0 saturated heterocycles. The number of nitrogens with zero attached hydrogens (tertiary/aromatic N) is 2. The molecule has 1 aromatic carbocycles. The van der Waals surface area contributed by atoms with Crippen LogP contribution in [-0.4, -0.2) is 47.7 Å². The summed E-state index contributed by atoms with van der Waals surface area (Å²) >= 11 is 0. The molecule has 0 fully saturated rings. The van der Waals surface area contributed by atoms with Gasteiger partial charge in [0.1, 0.15) is 11.6 Å². The van der Waals surface area contributed by atoms with Crippen molar-refractivity contribution >= 4 is 17.4 Å². The van der Waals surface area contributed by atoms with E-state index >= 15 is 0 Å². The predicted octanol–water partition coefficient (Wildman–Crippen LogP) is 1.54. The van der Waals surface area contributed by atoms with Gasteiger partial charge >= 0.3 is 0 Å². The molecule has 1 aliphatic rings. The first-order valence-electron chi connectivity index (χ1n) is 7.62. The molecule has 1 aliphatic carbocycles. The predicted molar refractivity (Wildman–Crippen MR) is 89.7 cm³/mol. The molecule has 23 heavy (non-hydrogen) atoms. The summed E-state index contributed by atoms with van der Waals surface area (Å²) in [5.41, 5.74) is 7.38. The van der Waals surface area contributed by atoms with Crippen LogP contribution >= 0.6 is 0 Å². The van der Waals surface area contributed by atoms with Crippen molar-refractivity contribution in [3.63, 3.8) is 0 Å². The zero-order chi connectivity index (χ0) is 17.4. The molecule has 0 spiro atoms. The molecule has 0 unspecified atom stereocenters. The zero-order valence-corrected chi connectivity index (χ0v) is 14.3. The van der Waals surface area contributed by atoms with E-state index in [1.54, 1.807) is 7.11 Å². The summed E-state index contributed by atoms with van der Waals surface area (Å²) in [5, 5.41) is 10.0. The Morgan fingerprint density at radius 1 is 1.48 bits per heavy atom. The molecular formula is C17H25N3O3. The maximum atomic E-state index is 11.6. The van der Waals surface area contributed by atoms with Gasteiger partial charge in [-0.3, -0.25) is 4.79 Å². The number of benzene rings is 1. The summed E-state index contributed by atoms with van der Waals surface area (Å²) in [7, 11) is 3.56. The van der Waals surface area contributed by atoms with Crippen LogP contribution in [0.1, 0.15) is 37.8 Å². The third-order valence-corrected chi connectivity index (χ3v) is 4.67. The second kappa shape index (κ2) is 6.29. The molecule has 0 aliphatic heterocycles. The minimum absolute atomic E-state index is 0.447. The Bertz CT molecular complexity index is 640. The Morgan fingerprint density at radius 3 is 2.70 bits per heavy atom. The quantitative estimate of drug-likeness (QED) is 0.500. The first kappa shape index (κ1) is 17.4. The smallest absolute Gasteiger partial charge is 0.227 e. The molecule has 2 rings (SSSR count). The van der Waals surface area contributed by atoms with E-state index in [0.717, 1.165) is 22.6 Å². The summed E-state index contributed by atoms with van der Waals surface area (Å²) in [6, 6.07) is 5.61. The van der Waals surface area contributed by atoms with Crippen molar-refractivity contribution in [3.05, 3.63) is 29.3 Å². The fraction of sp³-hybridized carbons (Fsp3) is 0.529. The summed E-state index contributed by atoms with van der Waals surface area (Å²) in [5.74, 6) is -0.383. The highest BCUT2D eigenvalue weighted by Crippen LogP contribution is 2.35. The Hall–Kier alpha value is -1.92. The third kappa shape index (κ3) is 3.38. The van der Waals surface area contributed by atoms with Gasteiger partial charge in [0.05, 0.1) is 17.7 Å². The van der Waals surface area contributed by atoms with Gasteiger partial charge in [-0.15, -0.1) is 0 Å². The molecule has 0 aromatic heterocycles. The number of carbonyl (C=O) groups is 1. The van der Waals surface area contributed by atoms with Gasteiger partial charge in [0.15, 0.2) is 0 Å². The van der Waals surface area contributed by atoms with E-state index in [-0.39, 0.29) is 0 Å². The Balaban J connectivity index is 2.33. The van der Waals surface area contributed by atoms with E-state index in [1.165, 1.54) is 0 Å². The molecule has 6 heteroatoms. The number of hydrogen-bond donors (Lipinski definition) is 2. The zero-order valence-electron chi connectivity index (χ0n) is 14.3. The minimum Gasteiger partial charge on any atom is -0.392 e. The number of ether oxygens (including phenoxy) is 1. The summed E-state index contributed by atoms with van der Waals surface area (Å²) < 4.78 is 5.45. The lowest BCUT2D eigenvalue weighted by atomic mass is 9.99. The maximum Gasteiger partial charge on any atom is 0.227 e. The number of amidine groups is 1. The van der Waals surface area contributed by atoms with E-state index < -0.39 is 23.7 Å². The first-order chi connectivity index (χ1) is 10.7. The number of methoxy groups -OCH3 is 1. The Morgan fingerprint density at radius 2 is 2.13 bits per heavy atom. The SMILES string of the molecule is COC(C)(C)N(C)C(C)=Nc1ccc2c(c1)[C@@H](C(N)=O)[C@H](O)C2. The third-order valence-electron chi connectivity index (χ3n) is 4.67. The second-order valence-corrected chi connectivity index (χ2v) is 6.40. The first-order valence-corrected chi connectivity index (χ1v) is 7.62. The normalized spacial score (nSPS) is 21.2. The molecule has 0 saturated carbocycles. The van der Waals surface area contributed by atoms with Crippen LogP contribution < -0.4 is 5.73 Å². The number of primary amides is 1. The van der Waals surface area contributed by atoms with Crippen LogP contribution in [0, 0.1) is 0 Å². The van der Waals surface area contributed by atoms with Crippen LogP contribution in [0.2, 0.25) is 0 Å². The molecule has 6 nitrogen and oxygen atoms in total. The Labute approximate surface area is 137 Å². The molecule has 0 heterocycles. The van der Waals surface area contributed by atoms with E-state index in [2.05, 4.69) is 4.99 Å². The van der Waals surface area contributed by atoms with Gasteiger partial charge in [-0.2, -0.15) is 0 Å². The van der Waals surface area contributed by atoms with Crippen LogP contribution in [-0.2, 0) is 16.0 Å². The lowest BCUT2D eigenvalue weighted by Crippen LogP contribution is -2.45. The Kier molecular flexibility index (Phi) is 4.77. The molecule has 1 amide bonds. The number of carbonyl (C=O) groups excluding carboxylic acids is 1. The van der Waals surface area contributed by atoms with Crippen molar-refractivity contribution in [3.8, 4) is 0 Å². The van der Waals surface area contributed by atoms with Gasteiger partial charge in [0.25, 0.3) is 0 Å². The number of hydrogen-bond acceptors (Lipinski definition) is 4. The van der Waals surface area contributed by atoms with E-state index in [9.17, 15) is 9.90 Å². The van der Waals surface area contributed by atoms with Crippen LogP contribution in [0.4, 0.5) is 5.69 Å². The summed E-state index contributed by atoms with van der Waals surface area (Å²) in [6.07, 6.45) is -0.305. The fourth-order valence-corrected chi connectivity index (χ4v) is 2.81. The standard InChI is InChI=1S/C17H25N3O3/c1-10(20(4)17(2,3)23-5)19-12-7-6-11-8-14(21)15(16(18)22)13(11)9-12/h6-7,9,14-15,21H,8H2,1-5H3,(H2,18,22)/t14-,15-/m1/s1. The number of rotatable bonds is 4. The molecular weight excluding hydrogens is 294 g/mol. The van der Waals surface area contributed by atoms with E-state index in [4.69, 9.17) is 10.5 Å². The largest absolute Gasteiger partial charge is 0.392 e. The molecule has 126 valence electrons. The topological polar surface area (TPSA) is 88.1 Å². The van der Waals surface area contributed by atoms with Crippen LogP contribution in [0.3, 0.4) is 0 Å². The molecule has 0 radical (unpaired) electrons. The highest BCUT2D eigenvalue weighted by molar-refractivity contribution is 5.86. The van der Waals surface area contributed by atoms with Crippen LogP contribution in [0.5, 0.6) is 0 Å². The van der Waals surface area contributed by atoms with Gasteiger partial charge in [0, 0.05) is 14.2 Å². The second-order valence-electron chi connectivity index (χ2n) is 6.40. The van der Waals surface area contributed by atoms with Gasteiger partial charge in [0.2, 0.25) is 5.91 Å². The number of aliphatic hydroxyl groups is 1. The van der Waals surface area contributed by atoms with Gasteiger partial charge in [-0.25, -0.2) is 4.99 Å². The molecule has 1 aromatic rings. The van der Waals surface area contributed by atoms with Gasteiger partial charge in [-0.05, 0) is 50.5 Å². The average molecular weight is 319 g/mol. The number of amides is 1. The minimum atomic E-state index is -0.752. The highest BCUT2D eigenvalue weighted by Gasteiger charge is 2.35. The van der Waals surface area contributed by atoms with Gasteiger partial charge < -0.3 is 20.5 Å². The van der Waals surface area contributed by atoms with Crippen molar-refractivity contribution in [2.45, 2.75) is 44.9 Å². The van der Waals surface area contributed by atoms with E-state index in [0.29, 0.717) is 6.42 Å². The van der Waals surface area contributed by atoms with Crippen molar-refractivity contribution in [2.24, 2.45) is 10.7 Å². The lowest BCUT2D eigenvalue weighted by Gasteiger charge is -2.35. The summed E-state index contributed by atoms with van der Waals surface area (Å²) in [4.78, 5) is 18.1. The van der Waals surface area contributed by atoms with Crippen molar-refractivity contribution in [2.75, 3.05) is 14.2 Å². The number of fused-ring (bicyclic) bond motifs is 1. The van der Waals surface area contributed by atoms with Crippen molar-refractivity contribution in [1.82, 2.24) is 4.90 Å². The van der Waals surface area contributed by atoms with Crippen molar-refractivity contribution in [1.29, 1.82) is 0 Å². The maximum absolute atomic E-state index is 11.6. The van der Waals surface area contributed by atoms with E-state index in [1.807, 2.05) is 50.9 Å².